The Hall–Kier alpha value is -2.66. The fourth-order valence-corrected chi connectivity index (χ4v) is 3.13. The first-order chi connectivity index (χ1) is 13.2. The molecule has 0 unspecified atom stereocenters. The van der Waals surface area contributed by atoms with E-state index >= 15 is 0 Å². The normalized spacial score (nSPS) is 22.1. The lowest BCUT2D eigenvalue weighted by Crippen LogP contribution is -2.22. The summed E-state index contributed by atoms with van der Waals surface area (Å²) >= 11 is 0. The zero-order valence-electron chi connectivity index (χ0n) is 14.8. The zero-order valence-corrected chi connectivity index (χ0v) is 14.8. The minimum Gasteiger partial charge on any atom is -0.396 e. The van der Waals surface area contributed by atoms with Crippen molar-refractivity contribution in [2.24, 2.45) is 5.11 Å². The number of imidazole rings is 1. The molecule has 1 saturated heterocycles. The highest BCUT2D eigenvalue weighted by atomic mass is 16.5. The monoisotopic (exact) mass is 377 g/mol. The van der Waals surface area contributed by atoms with Gasteiger partial charge in [0.05, 0.1) is 25.1 Å². The molecule has 0 saturated carbocycles. The number of fused-ring (bicyclic) bond motifs is 1. The van der Waals surface area contributed by atoms with Gasteiger partial charge in [-0.05, 0) is 24.8 Å². The smallest absolute Gasteiger partial charge is 0.224 e. The molecule has 0 aliphatic carbocycles. The van der Waals surface area contributed by atoms with Gasteiger partial charge in [-0.2, -0.15) is 9.97 Å². The van der Waals surface area contributed by atoms with Gasteiger partial charge in [0.1, 0.15) is 6.23 Å². The number of anilines is 2. The third-order valence-electron chi connectivity index (χ3n) is 4.46. The Morgan fingerprint density at radius 2 is 2.22 bits per heavy atom. The van der Waals surface area contributed by atoms with Crippen molar-refractivity contribution in [1.29, 1.82) is 0 Å². The lowest BCUT2D eigenvalue weighted by Gasteiger charge is -2.14. The molecule has 12 heteroatoms. The third-order valence-corrected chi connectivity index (χ3v) is 4.46. The summed E-state index contributed by atoms with van der Waals surface area (Å²) < 4.78 is 7.50. The second-order valence-electron chi connectivity index (χ2n) is 6.29. The van der Waals surface area contributed by atoms with E-state index < -0.39 is 18.4 Å². The van der Waals surface area contributed by atoms with Crippen LogP contribution in [0.25, 0.3) is 21.6 Å². The van der Waals surface area contributed by atoms with Gasteiger partial charge in [-0.3, -0.25) is 4.57 Å². The SMILES string of the molecule is [N-]=[N+]=N[C@H]1C[C@H](n2cnc3c(NCCCCCO)nc(N)nc32)O[C@@H]1CO. The van der Waals surface area contributed by atoms with Gasteiger partial charge in [0.2, 0.25) is 5.95 Å². The molecule has 1 fully saturated rings. The number of nitrogen functional groups attached to an aromatic ring is 1. The van der Waals surface area contributed by atoms with Crippen LogP contribution in [0.4, 0.5) is 11.8 Å². The molecule has 146 valence electrons. The summed E-state index contributed by atoms with van der Waals surface area (Å²) in [5.74, 6) is 0.633. The summed E-state index contributed by atoms with van der Waals surface area (Å²) in [6, 6.07) is -0.467. The Balaban J connectivity index is 1.81. The van der Waals surface area contributed by atoms with Gasteiger partial charge < -0.3 is 26.0 Å². The van der Waals surface area contributed by atoms with Crippen LogP contribution < -0.4 is 11.1 Å². The van der Waals surface area contributed by atoms with Crippen LogP contribution >= 0.6 is 0 Å². The van der Waals surface area contributed by atoms with Gasteiger partial charge in [0.25, 0.3) is 0 Å². The number of nitrogens with zero attached hydrogens (tertiary/aromatic N) is 7. The van der Waals surface area contributed by atoms with Crippen molar-refractivity contribution in [3.05, 3.63) is 16.8 Å². The number of aliphatic hydroxyl groups excluding tert-OH is 2. The van der Waals surface area contributed by atoms with Gasteiger partial charge in [0, 0.05) is 24.5 Å². The first kappa shape index (κ1) is 19.1. The Morgan fingerprint density at radius 3 is 2.96 bits per heavy atom. The van der Waals surface area contributed by atoms with Crippen LogP contribution in [-0.4, -0.2) is 61.6 Å². The molecule has 3 heterocycles. The van der Waals surface area contributed by atoms with Crippen LogP contribution in [0.15, 0.2) is 11.4 Å². The van der Waals surface area contributed by atoms with E-state index in [4.69, 9.17) is 21.1 Å². The van der Waals surface area contributed by atoms with Crippen LogP contribution in [-0.2, 0) is 4.74 Å². The molecule has 3 atom stereocenters. The molecule has 3 rings (SSSR count). The van der Waals surface area contributed by atoms with Crippen LogP contribution in [0, 0.1) is 0 Å². The van der Waals surface area contributed by atoms with Crippen LogP contribution in [0.5, 0.6) is 0 Å². The van der Waals surface area contributed by atoms with E-state index in [1.165, 1.54) is 0 Å². The molecule has 2 aromatic rings. The average Bonchev–Trinajstić information content (AvgIpc) is 3.25. The average molecular weight is 377 g/mol. The molecule has 0 radical (unpaired) electrons. The number of unbranched alkanes of at least 4 members (excludes halogenated alkanes) is 2. The van der Waals surface area contributed by atoms with E-state index in [9.17, 15) is 5.11 Å². The Kier molecular flexibility index (Phi) is 6.24. The summed E-state index contributed by atoms with van der Waals surface area (Å²) in [5, 5.41) is 25.2. The van der Waals surface area contributed by atoms with Crippen LogP contribution in [0.3, 0.4) is 0 Å². The molecular formula is C15H23N9O3. The van der Waals surface area contributed by atoms with Crippen molar-refractivity contribution in [1.82, 2.24) is 19.5 Å². The second kappa shape index (κ2) is 8.82. The number of ether oxygens (including phenoxy) is 1. The Bertz CT molecular complexity index is 820. The lowest BCUT2D eigenvalue weighted by atomic mass is 10.1. The molecule has 1 aliphatic heterocycles. The van der Waals surface area contributed by atoms with Crippen molar-refractivity contribution < 1.29 is 14.9 Å². The van der Waals surface area contributed by atoms with E-state index in [2.05, 4.69) is 30.3 Å². The number of aliphatic hydroxyl groups is 2. The topological polar surface area (TPSA) is 180 Å². The first-order valence-electron chi connectivity index (χ1n) is 8.83. The Morgan fingerprint density at radius 1 is 1.37 bits per heavy atom. The van der Waals surface area contributed by atoms with Crippen molar-refractivity contribution in [2.75, 3.05) is 30.8 Å². The zero-order chi connectivity index (χ0) is 19.2. The Labute approximate surface area is 155 Å². The summed E-state index contributed by atoms with van der Waals surface area (Å²) in [5.41, 5.74) is 15.6. The predicted molar refractivity (Wildman–Crippen MR) is 97.7 cm³/mol. The molecule has 0 spiro atoms. The number of aromatic nitrogens is 4. The number of azide groups is 1. The van der Waals surface area contributed by atoms with Gasteiger partial charge in [-0.25, -0.2) is 4.98 Å². The molecule has 0 bridgehead atoms. The number of hydrogen-bond acceptors (Lipinski definition) is 9. The van der Waals surface area contributed by atoms with E-state index in [0.29, 0.717) is 29.9 Å². The van der Waals surface area contributed by atoms with Crippen molar-refractivity contribution in [3.63, 3.8) is 0 Å². The molecule has 2 aromatic heterocycles. The van der Waals surface area contributed by atoms with Crippen molar-refractivity contribution in [3.8, 4) is 0 Å². The van der Waals surface area contributed by atoms with E-state index in [0.717, 1.165) is 19.3 Å². The quantitative estimate of drug-likeness (QED) is 0.215. The van der Waals surface area contributed by atoms with Gasteiger partial charge in [0.15, 0.2) is 17.0 Å². The summed E-state index contributed by atoms with van der Waals surface area (Å²) in [4.78, 5) is 15.7. The van der Waals surface area contributed by atoms with Crippen LogP contribution in [0.1, 0.15) is 31.9 Å². The number of nitrogens with one attached hydrogen (secondary N) is 1. The van der Waals surface area contributed by atoms with Crippen LogP contribution in [0.2, 0.25) is 0 Å². The summed E-state index contributed by atoms with van der Waals surface area (Å²) in [6.07, 6.45) is 3.46. The highest BCUT2D eigenvalue weighted by Crippen LogP contribution is 2.33. The molecule has 0 aromatic carbocycles. The maximum absolute atomic E-state index is 9.43. The minimum atomic E-state index is -0.577. The highest BCUT2D eigenvalue weighted by Gasteiger charge is 2.36. The molecule has 0 amide bonds. The molecule has 12 nitrogen and oxygen atoms in total. The van der Waals surface area contributed by atoms with Gasteiger partial charge in [-0.15, -0.1) is 0 Å². The lowest BCUT2D eigenvalue weighted by molar-refractivity contribution is -0.0232. The number of rotatable bonds is 9. The predicted octanol–water partition coefficient (Wildman–Crippen LogP) is 0.942. The van der Waals surface area contributed by atoms with Crippen molar-refractivity contribution in [2.45, 2.75) is 44.1 Å². The second-order valence-corrected chi connectivity index (χ2v) is 6.29. The first-order valence-corrected chi connectivity index (χ1v) is 8.83. The fraction of sp³-hybridized carbons (Fsp3) is 0.667. The summed E-state index contributed by atoms with van der Waals surface area (Å²) in [7, 11) is 0. The maximum Gasteiger partial charge on any atom is 0.224 e. The number of nitrogens with two attached hydrogens (primary N) is 1. The van der Waals surface area contributed by atoms with E-state index in [1.54, 1.807) is 10.9 Å². The fourth-order valence-electron chi connectivity index (χ4n) is 3.13. The third kappa shape index (κ3) is 4.19. The largest absolute Gasteiger partial charge is 0.396 e. The molecular weight excluding hydrogens is 354 g/mol. The van der Waals surface area contributed by atoms with E-state index in [-0.39, 0.29) is 19.2 Å². The van der Waals surface area contributed by atoms with Gasteiger partial charge in [-0.1, -0.05) is 5.11 Å². The highest BCUT2D eigenvalue weighted by molar-refractivity contribution is 5.84. The number of hydrogen-bond donors (Lipinski definition) is 4. The minimum absolute atomic E-state index is 0.102. The molecule has 5 N–H and O–H groups in total. The maximum atomic E-state index is 9.43. The standard InChI is InChI=1S/C15H23N9O3/c16-15-20-13(18-4-2-1-3-5-25)12-14(21-15)24(8-19-12)11-6-9(22-23-17)10(7-26)27-11/h8-11,25-26H,1-7H2,(H3,16,18,20,21)/t9-,10+,11+/m0/s1. The summed E-state index contributed by atoms with van der Waals surface area (Å²) in [6.45, 7) is 0.608. The van der Waals surface area contributed by atoms with Crippen molar-refractivity contribution >= 4 is 22.9 Å². The molecule has 27 heavy (non-hydrogen) atoms. The van der Waals surface area contributed by atoms with E-state index in [1.807, 2.05) is 0 Å². The molecule has 1 aliphatic rings. The van der Waals surface area contributed by atoms with Gasteiger partial charge >= 0.3 is 0 Å².